The highest BCUT2D eigenvalue weighted by Gasteiger charge is 2.22. The van der Waals surface area contributed by atoms with Crippen molar-refractivity contribution in [3.05, 3.63) is 58.7 Å². The van der Waals surface area contributed by atoms with Gasteiger partial charge in [-0.3, -0.25) is 0 Å². The number of carboxylic acids is 1. The van der Waals surface area contributed by atoms with Crippen LogP contribution in [-0.2, 0) is 6.42 Å². The van der Waals surface area contributed by atoms with Gasteiger partial charge in [0.15, 0.2) is 11.5 Å². The molecule has 0 radical (unpaired) electrons. The maximum Gasteiger partial charge on any atom is 0.343 e. The topological polar surface area (TPSA) is 72.8 Å². The molecule has 5 heteroatoms. The third kappa shape index (κ3) is 3.04. The minimum atomic E-state index is -1.12. The van der Waals surface area contributed by atoms with E-state index in [4.69, 9.17) is 9.47 Å². The van der Waals surface area contributed by atoms with E-state index >= 15 is 0 Å². The molecule has 1 heterocycles. The maximum atomic E-state index is 12.5. The molecule has 1 aliphatic heterocycles. The van der Waals surface area contributed by atoms with Crippen molar-refractivity contribution < 1.29 is 24.2 Å². The molecule has 118 valence electrons. The Morgan fingerprint density at radius 3 is 2.83 bits per heavy atom. The number of hydrogen-bond donors (Lipinski definition) is 1. The number of para-hydroxylation sites is 1. The van der Waals surface area contributed by atoms with Crippen LogP contribution >= 0.6 is 0 Å². The largest absolute Gasteiger partial charge is 0.489 e. The molecule has 0 saturated heterocycles. The van der Waals surface area contributed by atoms with E-state index in [1.54, 1.807) is 6.07 Å². The summed E-state index contributed by atoms with van der Waals surface area (Å²) in [6.45, 7) is 2.32. The van der Waals surface area contributed by atoms with E-state index in [0.717, 1.165) is 11.1 Å². The van der Waals surface area contributed by atoms with Gasteiger partial charge in [0.25, 0.3) is 0 Å². The zero-order chi connectivity index (χ0) is 16.4. The fraction of sp³-hybridized carbons (Fsp3) is 0.222. The average Bonchev–Trinajstić information content (AvgIpc) is 2.52. The van der Waals surface area contributed by atoms with Crippen molar-refractivity contribution in [3.8, 4) is 11.5 Å². The summed E-state index contributed by atoms with van der Waals surface area (Å²) in [5.41, 5.74) is 2.48. The number of benzene rings is 2. The highest BCUT2D eigenvalue weighted by Crippen LogP contribution is 2.33. The van der Waals surface area contributed by atoms with Crippen LogP contribution in [0.2, 0.25) is 0 Å². The van der Waals surface area contributed by atoms with Gasteiger partial charge in [-0.1, -0.05) is 23.8 Å². The molecule has 0 spiro atoms. The number of carboxylic acid groups (broad SMARTS) is 1. The summed E-state index contributed by atoms with van der Waals surface area (Å²) in [5.74, 6) is -1.40. The Bertz CT molecular complexity index is 779. The van der Waals surface area contributed by atoms with Crippen molar-refractivity contribution in [2.75, 3.05) is 6.61 Å². The number of fused-ring (bicyclic) bond motifs is 2. The van der Waals surface area contributed by atoms with E-state index in [1.165, 1.54) is 18.2 Å². The molecule has 1 aliphatic rings. The highest BCUT2D eigenvalue weighted by atomic mass is 16.6. The van der Waals surface area contributed by atoms with Gasteiger partial charge in [0.05, 0.1) is 12.2 Å². The third-order valence-electron chi connectivity index (χ3n) is 3.73. The van der Waals surface area contributed by atoms with Crippen molar-refractivity contribution >= 4 is 11.9 Å². The van der Waals surface area contributed by atoms with E-state index in [-0.39, 0.29) is 17.1 Å². The monoisotopic (exact) mass is 312 g/mol. The summed E-state index contributed by atoms with van der Waals surface area (Å²) in [6, 6.07) is 10.1. The SMILES string of the molecule is Cc1ccc2c(c1)CCCOc1c(cccc1C(=O)O)OC2=O. The summed E-state index contributed by atoms with van der Waals surface area (Å²) in [6.07, 6.45) is 1.34. The van der Waals surface area contributed by atoms with Gasteiger partial charge in [0.1, 0.15) is 5.56 Å². The minimum absolute atomic E-state index is 0.0139. The normalized spacial score (nSPS) is 14.0. The molecule has 0 unspecified atom stereocenters. The number of ether oxygens (including phenoxy) is 2. The fourth-order valence-corrected chi connectivity index (χ4v) is 2.63. The lowest BCUT2D eigenvalue weighted by molar-refractivity contribution is 0.0676. The predicted molar refractivity (Wildman–Crippen MR) is 83.4 cm³/mol. The van der Waals surface area contributed by atoms with Crippen LogP contribution in [0.4, 0.5) is 0 Å². The lowest BCUT2D eigenvalue weighted by Gasteiger charge is -2.17. The van der Waals surface area contributed by atoms with Crippen LogP contribution in [0, 0.1) is 6.92 Å². The summed E-state index contributed by atoms with van der Waals surface area (Å²) < 4.78 is 11.0. The Morgan fingerprint density at radius 2 is 2.04 bits per heavy atom. The van der Waals surface area contributed by atoms with Crippen LogP contribution < -0.4 is 9.47 Å². The molecule has 0 bridgehead atoms. The lowest BCUT2D eigenvalue weighted by Crippen LogP contribution is -2.16. The molecule has 0 atom stereocenters. The zero-order valence-electron chi connectivity index (χ0n) is 12.7. The second kappa shape index (κ2) is 6.12. The summed E-state index contributed by atoms with van der Waals surface area (Å²) in [7, 11) is 0. The average molecular weight is 312 g/mol. The lowest BCUT2D eigenvalue weighted by atomic mass is 10.0. The Balaban J connectivity index is 2.06. The Labute approximate surface area is 133 Å². The fourth-order valence-electron chi connectivity index (χ4n) is 2.63. The third-order valence-corrected chi connectivity index (χ3v) is 3.73. The highest BCUT2D eigenvalue weighted by molar-refractivity contribution is 5.95. The van der Waals surface area contributed by atoms with Crippen LogP contribution in [0.3, 0.4) is 0 Å². The Kier molecular flexibility index (Phi) is 4.02. The maximum absolute atomic E-state index is 12.5. The molecule has 0 amide bonds. The van der Waals surface area contributed by atoms with Gasteiger partial charge in [-0.15, -0.1) is 0 Å². The van der Waals surface area contributed by atoms with E-state index < -0.39 is 11.9 Å². The number of aromatic carboxylic acids is 1. The van der Waals surface area contributed by atoms with E-state index in [1.807, 2.05) is 19.1 Å². The first-order chi connectivity index (χ1) is 11.1. The van der Waals surface area contributed by atoms with Crippen molar-refractivity contribution in [3.63, 3.8) is 0 Å². The second-order valence-electron chi connectivity index (χ2n) is 5.44. The van der Waals surface area contributed by atoms with Gasteiger partial charge in [0.2, 0.25) is 0 Å². The van der Waals surface area contributed by atoms with Crippen molar-refractivity contribution in [1.82, 2.24) is 0 Å². The molecule has 2 aromatic rings. The van der Waals surface area contributed by atoms with E-state index in [9.17, 15) is 14.7 Å². The van der Waals surface area contributed by atoms with Gasteiger partial charge in [0, 0.05) is 0 Å². The number of esters is 1. The van der Waals surface area contributed by atoms with Crippen molar-refractivity contribution in [2.45, 2.75) is 19.8 Å². The first kappa shape index (κ1) is 15.1. The second-order valence-corrected chi connectivity index (χ2v) is 5.44. The van der Waals surface area contributed by atoms with Gasteiger partial charge in [-0.2, -0.15) is 0 Å². The molecule has 23 heavy (non-hydrogen) atoms. The van der Waals surface area contributed by atoms with Crippen LogP contribution in [0.25, 0.3) is 0 Å². The first-order valence-electron chi connectivity index (χ1n) is 7.37. The molecule has 1 N–H and O–H groups in total. The number of carbonyl (C=O) groups is 2. The summed E-state index contributed by atoms with van der Waals surface area (Å²) in [5, 5.41) is 9.26. The van der Waals surface area contributed by atoms with Crippen molar-refractivity contribution in [1.29, 1.82) is 0 Å². The summed E-state index contributed by atoms with van der Waals surface area (Å²) >= 11 is 0. The number of aryl methyl sites for hydroxylation is 2. The molecule has 0 saturated carbocycles. The molecule has 5 nitrogen and oxygen atoms in total. The summed E-state index contributed by atoms with van der Waals surface area (Å²) in [4.78, 5) is 23.8. The standard InChI is InChI=1S/C18H16O5/c1-11-7-8-13-12(10-11)4-3-9-22-16-14(17(19)20)5-2-6-15(16)23-18(13)21/h2,5-8,10H,3-4,9H2,1H3,(H,19,20). The van der Waals surface area contributed by atoms with Gasteiger partial charge < -0.3 is 14.6 Å². The molecule has 2 aromatic carbocycles. The zero-order valence-corrected chi connectivity index (χ0v) is 12.7. The van der Waals surface area contributed by atoms with Crippen LogP contribution in [0.1, 0.15) is 38.3 Å². The molecule has 0 aliphatic carbocycles. The molecule has 3 rings (SSSR count). The minimum Gasteiger partial charge on any atom is -0.489 e. The number of hydrogen-bond acceptors (Lipinski definition) is 4. The number of rotatable bonds is 1. The Morgan fingerprint density at radius 1 is 1.22 bits per heavy atom. The predicted octanol–water partition coefficient (Wildman–Crippen LogP) is 3.24. The molecular formula is C18H16O5. The van der Waals surface area contributed by atoms with Crippen LogP contribution in [0.15, 0.2) is 36.4 Å². The van der Waals surface area contributed by atoms with Gasteiger partial charge in [-0.05, 0) is 43.5 Å². The quantitative estimate of drug-likeness (QED) is 0.646. The van der Waals surface area contributed by atoms with Crippen LogP contribution in [0.5, 0.6) is 11.5 Å². The van der Waals surface area contributed by atoms with Gasteiger partial charge >= 0.3 is 11.9 Å². The van der Waals surface area contributed by atoms with Crippen molar-refractivity contribution in [2.24, 2.45) is 0 Å². The smallest absolute Gasteiger partial charge is 0.343 e. The molecular weight excluding hydrogens is 296 g/mol. The van der Waals surface area contributed by atoms with E-state index in [0.29, 0.717) is 25.0 Å². The molecule has 0 fully saturated rings. The molecule has 0 aromatic heterocycles. The first-order valence-corrected chi connectivity index (χ1v) is 7.37. The van der Waals surface area contributed by atoms with Gasteiger partial charge in [-0.25, -0.2) is 9.59 Å². The Hall–Kier alpha value is -2.82. The van der Waals surface area contributed by atoms with Crippen LogP contribution in [-0.4, -0.2) is 23.7 Å². The number of carbonyl (C=O) groups excluding carboxylic acids is 1. The van der Waals surface area contributed by atoms with E-state index in [2.05, 4.69) is 0 Å².